The molecule has 0 saturated carbocycles. The predicted molar refractivity (Wildman–Crippen MR) is 81.3 cm³/mol. The molecule has 4 nitrogen and oxygen atoms in total. The number of ether oxygens (including phenoxy) is 1. The van der Waals surface area contributed by atoms with E-state index in [1.807, 2.05) is 38.1 Å². The van der Waals surface area contributed by atoms with E-state index in [1.54, 1.807) is 19.2 Å². The number of carbonyl (C=O) groups is 1. The van der Waals surface area contributed by atoms with Crippen LogP contribution in [0.25, 0.3) is 0 Å². The number of nitrogens with one attached hydrogen (secondary N) is 1. The minimum atomic E-state index is -0.178. The van der Waals surface area contributed by atoms with Gasteiger partial charge in [0.1, 0.15) is 5.75 Å². The van der Waals surface area contributed by atoms with E-state index in [0.29, 0.717) is 22.7 Å². The van der Waals surface area contributed by atoms with E-state index in [4.69, 9.17) is 10.5 Å². The zero-order chi connectivity index (χ0) is 14.7. The molecule has 0 aliphatic heterocycles. The highest BCUT2D eigenvalue weighted by Gasteiger charge is 2.11. The maximum Gasteiger partial charge on any atom is 0.256 e. The molecule has 2 rings (SSSR count). The van der Waals surface area contributed by atoms with Crippen LogP contribution >= 0.6 is 0 Å². The molecule has 0 bridgehead atoms. The molecule has 2 aromatic carbocycles. The average molecular weight is 270 g/mol. The van der Waals surface area contributed by atoms with Crippen molar-refractivity contribution in [3.8, 4) is 5.75 Å². The Morgan fingerprint density at radius 2 is 1.90 bits per heavy atom. The highest BCUT2D eigenvalue weighted by atomic mass is 16.5. The summed E-state index contributed by atoms with van der Waals surface area (Å²) in [6.07, 6.45) is 0. The lowest BCUT2D eigenvalue weighted by atomic mass is 10.0. The van der Waals surface area contributed by atoms with Crippen molar-refractivity contribution >= 4 is 17.3 Å². The molecule has 3 N–H and O–H groups in total. The average Bonchev–Trinajstić information content (AvgIpc) is 2.43. The van der Waals surface area contributed by atoms with Crippen LogP contribution in [0.5, 0.6) is 5.75 Å². The molecule has 0 unspecified atom stereocenters. The molecule has 0 atom stereocenters. The number of aryl methyl sites for hydroxylation is 2. The van der Waals surface area contributed by atoms with Gasteiger partial charge >= 0.3 is 0 Å². The second-order valence-electron chi connectivity index (χ2n) is 4.71. The molecular weight excluding hydrogens is 252 g/mol. The molecule has 0 fully saturated rings. The Morgan fingerprint density at radius 3 is 2.60 bits per heavy atom. The van der Waals surface area contributed by atoms with Gasteiger partial charge in [0.15, 0.2) is 0 Å². The molecule has 0 saturated heterocycles. The molecule has 2 aromatic rings. The fourth-order valence-electron chi connectivity index (χ4n) is 2.01. The smallest absolute Gasteiger partial charge is 0.256 e. The monoisotopic (exact) mass is 270 g/mol. The van der Waals surface area contributed by atoms with Gasteiger partial charge in [0.05, 0.1) is 7.11 Å². The molecule has 0 spiro atoms. The van der Waals surface area contributed by atoms with Crippen LogP contribution in [0.15, 0.2) is 36.4 Å². The van der Waals surface area contributed by atoms with E-state index in [1.165, 1.54) is 0 Å². The van der Waals surface area contributed by atoms with Crippen LogP contribution in [0.3, 0.4) is 0 Å². The van der Waals surface area contributed by atoms with Crippen LogP contribution in [-0.4, -0.2) is 13.0 Å². The van der Waals surface area contributed by atoms with E-state index < -0.39 is 0 Å². The van der Waals surface area contributed by atoms with Crippen LogP contribution < -0.4 is 15.8 Å². The SMILES string of the molecule is COc1cccc(NC(=O)c2cc(N)c(C)cc2C)c1. The number of carbonyl (C=O) groups excluding carboxylic acids is 1. The van der Waals surface area contributed by atoms with Crippen molar-refractivity contribution in [2.75, 3.05) is 18.2 Å². The molecule has 0 aliphatic carbocycles. The second-order valence-corrected chi connectivity index (χ2v) is 4.71. The Bertz CT molecular complexity index is 651. The Balaban J connectivity index is 2.26. The van der Waals surface area contributed by atoms with Crippen molar-refractivity contribution in [1.82, 2.24) is 0 Å². The number of nitrogen functional groups attached to an aromatic ring is 1. The molecule has 20 heavy (non-hydrogen) atoms. The van der Waals surface area contributed by atoms with Crippen molar-refractivity contribution in [2.45, 2.75) is 13.8 Å². The standard InChI is InChI=1S/C16H18N2O2/c1-10-7-11(2)15(17)9-14(10)16(19)18-12-5-4-6-13(8-12)20-3/h4-9H,17H2,1-3H3,(H,18,19). The van der Waals surface area contributed by atoms with E-state index in [2.05, 4.69) is 5.32 Å². The predicted octanol–water partition coefficient (Wildman–Crippen LogP) is 3.15. The molecular formula is C16H18N2O2. The van der Waals surface area contributed by atoms with Crippen LogP contribution in [0, 0.1) is 13.8 Å². The van der Waals surface area contributed by atoms with E-state index in [-0.39, 0.29) is 5.91 Å². The fraction of sp³-hybridized carbons (Fsp3) is 0.188. The van der Waals surface area contributed by atoms with E-state index in [0.717, 1.165) is 11.1 Å². The summed E-state index contributed by atoms with van der Waals surface area (Å²) < 4.78 is 5.13. The summed E-state index contributed by atoms with van der Waals surface area (Å²) in [6, 6.07) is 10.9. The summed E-state index contributed by atoms with van der Waals surface area (Å²) in [4.78, 5) is 12.3. The Kier molecular flexibility index (Phi) is 3.94. The highest BCUT2D eigenvalue weighted by molar-refractivity contribution is 6.06. The van der Waals surface area contributed by atoms with E-state index in [9.17, 15) is 4.79 Å². The summed E-state index contributed by atoms with van der Waals surface area (Å²) in [7, 11) is 1.59. The molecule has 4 heteroatoms. The third-order valence-electron chi connectivity index (χ3n) is 3.19. The second kappa shape index (κ2) is 5.65. The lowest BCUT2D eigenvalue weighted by Crippen LogP contribution is -2.14. The minimum Gasteiger partial charge on any atom is -0.497 e. The number of nitrogens with two attached hydrogens (primary N) is 1. The van der Waals surface area contributed by atoms with Gasteiger partial charge < -0.3 is 15.8 Å². The van der Waals surface area contributed by atoms with E-state index >= 15 is 0 Å². The first-order valence-electron chi connectivity index (χ1n) is 6.33. The van der Waals surface area contributed by atoms with Gasteiger partial charge in [-0.25, -0.2) is 0 Å². The number of rotatable bonds is 3. The first-order valence-corrected chi connectivity index (χ1v) is 6.33. The highest BCUT2D eigenvalue weighted by Crippen LogP contribution is 2.21. The van der Waals surface area contributed by atoms with Crippen molar-refractivity contribution in [3.63, 3.8) is 0 Å². The summed E-state index contributed by atoms with van der Waals surface area (Å²) in [5, 5.41) is 2.85. The van der Waals surface area contributed by atoms with Gasteiger partial charge in [-0.3, -0.25) is 4.79 Å². The molecule has 1 amide bonds. The van der Waals surface area contributed by atoms with Crippen LogP contribution in [0.4, 0.5) is 11.4 Å². The van der Waals surface area contributed by atoms with Crippen LogP contribution in [-0.2, 0) is 0 Å². The number of hydrogen-bond donors (Lipinski definition) is 2. The Hall–Kier alpha value is -2.49. The topological polar surface area (TPSA) is 64.3 Å². The number of anilines is 2. The van der Waals surface area contributed by atoms with Crippen molar-refractivity contribution in [2.24, 2.45) is 0 Å². The van der Waals surface area contributed by atoms with Crippen molar-refractivity contribution < 1.29 is 9.53 Å². The zero-order valence-corrected chi connectivity index (χ0v) is 11.9. The zero-order valence-electron chi connectivity index (χ0n) is 11.9. The number of amides is 1. The van der Waals surface area contributed by atoms with Crippen molar-refractivity contribution in [1.29, 1.82) is 0 Å². The third-order valence-corrected chi connectivity index (χ3v) is 3.19. The Labute approximate surface area is 118 Å². The molecule has 0 aliphatic rings. The van der Waals surface area contributed by atoms with Gasteiger partial charge in [0.2, 0.25) is 0 Å². The number of methoxy groups -OCH3 is 1. The van der Waals surface area contributed by atoms with Crippen molar-refractivity contribution in [3.05, 3.63) is 53.1 Å². The number of hydrogen-bond acceptors (Lipinski definition) is 3. The van der Waals surface area contributed by atoms with Gasteiger partial charge in [-0.15, -0.1) is 0 Å². The van der Waals surface area contributed by atoms with Gasteiger partial charge in [-0.1, -0.05) is 12.1 Å². The largest absolute Gasteiger partial charge is 0.497 e. The normalized spacial score (nSPS) is 10.2. The van der Waals surface area contributed by atoms with Crippen LogP contribution in [0.2, 0.25) is 0 Å². The summed E-state index contributed by atoms with van der Waals surface area (Å²) in [5.41, 5.74) is 9.62. The molecule has 0 radical (unpaired) electrons. The first kappa shape index (κ1) is 13.9. The van der Waals surface area contributed by atoms with Gasteiger partial charge in [-0.05, 0) is 43.2 Å². The van der Waals surface area contributed by atoms with Gasteiger partial charge in [-0.2, -0.15) is 0 Å². The fourth-order valence-corrected chi connectivity index (χ4v) is 2.01. The Morgan fingerprint density at radius 1 is 1.15 bits per heavy atom. The molecule has 104 valence electrons. The summed E-state index contributed by atoms with van der Waals surface area (Å²) in [5.74, 6) is 0.519. The minimum absolute atomic E-state index is 0.178. The maximum atomic E-state index is 12.3. The summed E-state index contributed by atoms with van der Waals surface area (Å²) in [6.45, 7) is 3.82. The summed E-state index contributed by atoms with van der Waals surface area (Å²) >= 11 is 0. The maximum absolute atomic E-state index is 12.3. The lowest BCUT2D eigenvalue weighted by Gasteiger charge is -2.11. The first-order chi connectivity index (χ1) is 9.51. The quantitative estimate of drug-likeness (QED) is 0.842. The molecule has 0 heterocycles. The van der Waals surface area contributed by atoms with Gasteiger partial charge in [0.25, 0.3) is 5.91 Å². The third kappa shape index (κ3) is 2.91. The van der Waals surface area contributed by atoms with Crippen LogP contribution in [0.1, 0.15) is 21.5 Å². The lowest BCUT2D eigenvalue weighted by molar-refractivity contribution is 0.102. The molecule has 0 aromatic heterocycles. The number of benzene rings is 2. The van der Waals surface area contributed by atoms with Gasteiger partial charge in [0, 0.05) is 23.0 Å².